The van der Waals surface area contributed by atoms with Crippen molar-refractivity contribution in [3.8, 4) is 5.75 Å². The maximum atomic E-state index is 9.20. The molecule has 3 nitrogen and oxygen atoms in total. The molecule has 5 heteroatoms. The molecule has 1 aromatic rings. The lowest BCUT2D eigenvalue weighted by Crippen LogP contribution is -2.25. The first-order chi connectivity index (χ1) is 6.81. The Morgan fingerprint density at radius 2 is 2.33 bits per heavy atom. The number of rotatable bonds is 1. The van der Waals surface area contributed by atoms with Gasteiger partial charge in [0.1, 0.15) is 12.4 Å². The molecule has 0 aromatic heterocycles. The number of hydrogen-bond acceptors (Lipinski definition) is 3. The number of benzene rings is 1. The second-order valence-electron chi connectivity index (χ2n) is 3.22. The van der Waals surface area contributed by atoms with Crippen LogP contribution in [0.2, 0.25) is 0 Å². The zero-order valence-electron chi connectivity index (χ0n) is 8.07. The summed E-state index contributed by atoms with van der Waals surface area (Å²) in [5, 5.41) is 12.4. The molecule has 0 bridgehead atoms. The third-order valence-corrected chi connectivity index (χ3v) is 2.78. The molecule has 15 heavy (non-hydrogen) atoms. The number of nitrogens with one attached hydrogen (secondary N) is 1. The van der Waals surface area contributed by atoms with Crippen molar-refractivity contribution < 1.29 is 9.84 Å². The fourth-order valence-corrected chi connectivity index (χ4v) is 1.93. The number of fused-ring (bicyclic) bond motifs is 1. The van der Waals surface area contributed by atoms with Gasteiger partial charge in [-0.05, 0) is 12.1 Å². The van der Waals surface area contributed by atoms with Gasteiger partial charge in [-0.15, -0.1) is 12.4 Å². The minimum Gasteiger partial charge on any atom is -0.492 e. The van der Waals surface area contributed by atoms with Crippen molar-refractivity contribution in [2.75, 3.05) is 19.8 Å². The van der Waals surface area contributed by atoms with E-state index in [1.165, 1.54) is 0 Å². The van der Waals surface area contributed by atoms with Crippen LogP contribution in [0.3, 0.4) is 0 Å². The van der Waals surface area contributed by atoms with Gasteiger partial charge in [-0.3, -0.25) is 0 Å². The van der Waals surface area contributed by atoms with Gasteiger partial charge in [0.15, 0.2) is 0 Å². The number of aliphatic hydroxyl groups excluding tert-OH is 1. The van der Waals surface area contributed by atoms with E-state index in [0.717, 1.165) is 22.3 Å². The Morgan fingerprint density at radius 3 is 3.07 bits per heavy atom. The molecule has 0 fully saturated rings. The van der Waals surface area contributed by atoms with E-state index in [2.05, 4.69) is 21.2 Å². The smallest absolute Gasteiger partial charge is 0.125 e. The summed E-state index contributed by atoms with van der Waals surface area (Å²) in [5.41, 5.74) is 1.02. The molecule has 0 saturated carbocycles. The topological polar surface area (TPSA) is 41.5 Å². The van der Waals surface area contributed by atoms with Gasteiger partial charge in [0, 0.05) is 16.6 Å². The molecule has 0 radical (unpaired) electrons. The van der Waals surface area contributed by atoms with Crippen molar-refractivity contribution in [2.45, 2.75) is 6.04 Å². The maximum Gasteiger partial charge on any atom is 0.125 e. The van der Waals surface area contributed by atoms with Crippen molar-refractivity contribution in [3.63, 3.8) is 0 Å². The summed E-state index contributed by atoms with van der Waals surface area (Å²) in [5.74, 6) is 0.850. The molecule has 1 heterocycles. The zero-order valence-corrected chi connectivity index (χ0v) is 10.5. The van der Waals surface area contributed by atoms with Crippen molar-refractivity contribution in [3.05, 3.63) is 28.2 Å². The van der Waals surface area contributed by atoms with E-state index in [1.54, 1.807) is 0 Å². The number of halogens is 2. The second-order valence-corrected chi connectivity index (χ2v) is 4.14. The monoisotopic (exact) mass is 293 g/mol. The molecule has 1 atom stereocenters. The number of aliphatic hydroxyl groups is 1. The average Bonchev–Trinajstić information content (AvgIpc) is 2.38. The van der Waals surface area contributed by atoms with Crippen LogP contribution >= 0.6 is 28.3 Å². The van der Waals surface area contributed by atoms with Crippen LogP contribution in [0.1, 0.15) is 11.6 Å². The average molecular weight is 295 g/mol. The van der Waals surface area contributed by atoms with Crippen LogP contribution in [0.5, 0.6) is 5.75 Å². The van der Waals surface area contributed by atoms with Gasteiger partial charge in [0.05, 0.1) is 12.6 Å². The highest BCUT2D eigenvalue weighted by Gasteiger charge is 2.18. The van der Waals surface area contributed by atoms with Crippen LogP contribution in [0.15, 0.2) is 22.7 Å². The van der Waals surface area contributed by atoms with Crippen LogP contribution in [-0.4, -0.2) is 24.9 Å². The predicted molar refractivity (Wildman–Crippen MR) is 64.7 cm³/mol. The van der Waals surface area contributed by atoms with Crippen LogP contribution in [0, 0.1) is 0 Å². The van der Waals surface area contributed by atoms with E-state index in [1.807, 2.05) is 18.2 Å². The fourth-order valence-electron chi connectivity index (χ4n) is 1.59. The van der Waals surface area contributed by atoms with E-state index < -0.39 is 0 Å². The summed E-state index contributed by atoms with van der Waals surface area (Å²) >= 11 is 3.39. The Kier molecular flexibility index (Phi) is 4.86. The normalized spacial score (nSPS) is 19.5. The zero-order chi connectivity index (χ0) is 9.97. The molecular weight excluding hydrogens is 281 g/mol. The molecule has 84 valence electrons. The first-order valence-corrected chi connectivity index (χ1v) is 5.37. The van der Waals surface area contributed by atoms with E-state index in [0.29, 0.717) is 6.61 Å². The van der Waals surface area contributed by atoms with Gasteiger partial charge in [0.25, 0.3) is 0 Å². The van der Waals surface area contributed by atoms with Crippen LogP contribution in [-0.2, 0) is 0 Å². The van der Waals surface area contributed by atoms with Gasteiger partial charge in [-0.2, -0.15) is 0 Å². The Labute approximate surface area is 103 Å². The van der Waals surface area contributed by atoms with Crippen LogP contribution in [0.25, 0.3) is 0 Å². The molecule has 1 aromatic carbocycles. The van der Waals surface area contributed by atoms with E-state index in [-0.39, 0.29) is 25.1 Å². The molecule has 2 N–H and O–H groups in total. The quantitative estimate of drug-likeness (QED) is 0.831. The lowest BCUT2D eigenvalue weighted by atomic mass is 10.1. The van der Waals surface area contributed by atoms with Crippen molar-refractivity contribution in [2.24, 2.45) is 0 Å². The van der Waals surface area contributed by atoms with Gasteiger partial charge >= 0.3 is 0 Å². The molecule has 1 aliphatic heterocycles. The van der Waals surface area contributed by atoms with Gasteiger partial charge in [-0.1, -0.05) is 22.0 Å². The fraction of sp³-hybridized carbons (Fsp3) is 0.400. The van der Waals surface area contributed by atoms with Crippen LogP contribution < -0.4 is 10.1 Å². The first kappa shape index (κ1) is 12.8. The third-order valence-electron chi connectivity index (χ3n) is 2.28. The lowest BCUT2D eigenvalue weighted by molar-refractivity contribution is 0.245. The molecule has 1 unspecified atom stereocenters. The van der Waals surface area contributed by atoms with Gasteiger partial charge in [-0.25, -0.2) is 0 Å². The van der Waals surface area contributed by atoms with Gasteiger partial charge < -0.3 is 15.2 Å². The minimum atomic E-state index is -0.0133. The highest BCUT2D eigenvalue weighted by atomic mass is 79.9. The summed E-state index contributed by atoms with van der Waals surface area (Å²) in [6, 6.07) is 5.85. The Bertz CT molecular complexity index is 335. The Hall–Kier alpha value is -0.290. The Morgan fingerprint density at radius 1 is 1.53 bits per heavy atom. The van der Waals surface area contributed by atoms with Crippen molar-refractivity contribution in [1.82, 2.24) is 5.32 Å². The largest absolute Gasteiger partial charge is 0.492 e. The summed E-state index contributed by atoms with van der Waals surface area (Å²) in [6.45, 7) is 1.50. The SMILES string of the molecule is Cl.OCC1NCCOc2cc(Br)ccc21. The number of ether oxygens (including phenoxy) is 1. The first-order valence-electron chi connectivity index (χ1n) is 4.58. The molecule has 1 aliphatic rings. The summed E-state index contributed by atoms with van der Waals surface area (Å²) in [6.07, 6.45) is 0. The third kappa shape index (κ3) is 2.84. The van der Waals surface area contributed by atoms with E-state index in [4.69, 9.17) is 4.74 Å². The lowest BCUT2D eigenvalue weighted by Gasteiger charge is -2.14. The highest BCUT2D eigenvalue weighted by Crippen LogP contribution is 2.29. The molecule has 0 saturated heterocycles. The van der Waals surface area contributed by atoms with E-state index in [9.17, 15) is 5.11 Å². The summed E-state index contributed by atoms with van der Waals surface area (Å²) < 4.78 is 6.55. The standard InChI is InChI=1S/C10H12BrNO2.ClH/c11-7-1-2-8-9(6-13)12-3-4-14-10(8)5-7;/h1-2,5,9,12-13H,3-4,6H2;1H. The van der Waals surface area contributed by atoms with E-state index >= 15 is 0 Å². The molecule has 0 aliphatic carbocycles. The van der Waals surface area contributed by atoms with Crippen molar-refractivity contribution >= 4 is 28.3 Å². The second kappa shape index (κ2) is 5.70. The highest BCUT2D eigenvalue weighted by molar-refractivity contribution is 9.10. The molecule has 0 amide bonds. The van der Waals surface area contributed by atoms with Crippen molar-refractivity contribution in [1.29, 1.82) is 0 Å². The number of hydrogen-bond donors (Lipinski definition) is 2. The maximum absolute atomic E-state index is 9.20. The molecule has 0 spiro atoms. The molecular formula is C10H13BrClNO2. The van der Waals surface area contributed by atoms with Crippen LogP contribution in [0.4, 0.5) is 0 Å². The minimum absolute atomic E-state index is 0. The molecule has 2 rings (SSSR count). The Balaban J connectivity index is 0.00000112. The summed E-state index contributed by atoms with van der Waals surface area (Å²) in [7, 11) is 0. The predicted octanol–water partition coefficient (Wildman–Crippen LogP) is 1.89. The van der Waals surface area contributed by atoms with Gasteiger partial charge in [0.2, 0.25) is 0 Å². The summed E-state index contributed by atoms with van der Waals surface area (Å²) in [4.78, 5) is 0.